The highest BCUT2D eigenvalue weighted by Gasteiger charge is 2.23. The highest BCUT2D eigenvalue weighted by Crippen LogP contribution is 2.25. The second kappa shape index (κ2) is 5.00. The Hall–Kier alpha value is -0.830. The zero-order valence-electron chi connectivity index (χ0n) is 10.6. The molecule has 0 aliphatic carbocycles. The van der Waals surface area contributed by atoms with Crippen LogP contribution < -0.4 is 5.32 Å². The van der Waals surface area contributed by atoms with Crippen LogP contribution in [0, 0.1) is 5.92 Å². The zero-order chi connectivity index (χ0) is 11.5. The average Bonchev–Trinajstić information content (AvgIpc) is 2.60. The van der Waals surface area contributed by atoms with Crippen molar-refractivity contribution in [3.8, 4) is 0 Å². The normalized spacial score (nSPS) is 18.8. The van der Waals surface area contributed by atoms with Crippen molar-refractivity contribution in [1.82, 2.24) is 14.9 Å². The first-order valence-electron chi connectivity index (χ1n) is 6.41. The summed E-state index contributed by atoms with van der Waals surface area (Å²) in [5.41, 5.74) is 1.41. The summed E-state index contributed by atoms with van der Waals surface area (Å²) in [6.07, 6.45) is 6.58. The minimum atomic E-state index is 0.584. The number of imidazole rings is 1. The molecule has 1 aromatic rings. The van der Waals surface area contributed by atoms with E-state index in [1.165, 1.54) is 18.5 Å². The predicted molar refractivity (Wildman–Crippen MR) is 66.6 cm³/mol. The van der Waals surface area contributed by atoms with Gasteiger partial charge in [-0.1, -0.05) is 13.8 Å². The first-order valence-corrected chi connectivity index (χ1v) is 6.41. The first-order chi connectivity index (χ1) is 7.68. The van der Waals surface area contributed by atoms with E-state index >= 15 is 0 Å². The third kappa shape index (κ3) is 2.46. The van der Waals surface area contributed by atoms with E-state index in [1.807, 2.05) is 12.5 Å². The lowest BCUT2D eigenvalue weighted by Crippen LogP contribution is -2.41. The Kier molecular flexibility index (Phi) is 3.64. The highest BCUT2D eigenvalue weighted by atomic mass is 15.1. The molecule has 1 saturated heterocycles. The summed E-state index contributed by atoms with van der Waals surface area (Å²) in [7, 11) is 0. The molecule has 2 rings (SSSR count). The van der Waals surface area contributed by atoms with Crippen molar-refractivity contribution in [2.75, 3.05) is 13.1 Å². The summed E-state index contributed by atoms with van der Waals surface area (Å²) in [5, 5.41) is 3.32. The second-order valence-electron chi connectivity index (χ2n) is 5.40. The van der Waals surface area contributed by atoms with Crippen LogP contribution in [0.4, 0.5) is 0 Å². The molecule has 1 atom stereocenters. The van der Waals surface area contributed by atoms with Crippen molar-refractivity contribution >= 4 is 0 Å². The van der Waals surface area contributed by atoms with Crippen molar-refractivity contribution < 1.29 is 0 Å². The Morgan fingerprint density at radius 1 is 1.38 bits per heavy atom. The standard InChI is InChI=1S/C13H23N3/c1-10(2)4-5-11(3)16-9-15-8-13(16)12-6-14-7-12/h8-12,14H,4-7H2,1-3H3. The molecule has 90 valence electrons. The lowest BCUT2D eigenvalue weighted by molar-refractivity contribution is 0.385. The lowest BCUT2D eigenvalue weighted by atomic mass is 9.98. The molecule has 3 nitrogen and oxygen atoms in total. The van der Waals surface area contributed by atoms with E-state index in [4.69, 9.17) is 0 Å². The van der Waals surface area contributed by atoms with Gasteiger partial charge in [-0.25, -0.2) is 4.98 Å². The fraction of sp³-hybridized carbons (Fsp3) is 0.769. The molecule has 1 fully saturated rings. The van der Waals surface area contributed by atoms with Gasteiger partial charge < -0.3 is 9.88 Å². The molecule has 1 aliphatic heterocycles. The number of nitrogens with zero attached hydrogens (tertiary/aromatic N) is 2. The Morgan fingerprint density at radius 2 is 2.12 bits per heavy atom. The molecule has 0 aromatic carbocycles. The molecular weight excluding hydrogens is 198 g/mol. The van der Waals surface area contributed by atoms with Crippen molar-refractivity contribution in [1.29, 1.82) is 0 Å². The average molecular weight is 221 g/mol. The molecule has 0 spiro atoms. The van der Waals surface area contributed by atoms with Gasteiger partial charge in [-0.3, -0.25) is 0 Å². The fourth-order valence-electron chi connectivity index (χ4n) is 2.21. The highest BCUT2D eigenvalue weighted by molar-refractivity contribution is 5.12. The van der Waals surface area contributed by atoms with Crippen molar-refractivity contribution in [2.45, 2.75) is 45.6 Å². The van der Waals surface area contributed by atoms with E-state index in [9.17, 15) is 0 Å². The summed E-state index contributed by atoms with van der Waals surface area (Å²) in [6.45, 7) is 9.11. The fourth-order valence-corrected chi connectivity index (χ4v) is 2.21. The van der Waals surface area contributed by atoms with Gasteiger partial charge in [0, 0.05) is 36.9 Å². The van der Waals surface area contributed by atoms with E-state index in [0.717, 1.165) is 19.0 Å². The Bertz CT molecular complexity index is 326. The van der Waals surface area contributed by atoms with Crippen LogP contribution in [0.5, 0.6) is 0 Å². The van der Waals surface area contributed by atoms with Gasteiger partial charge in [-0.05, 0) is 25.7 Å². The number of nitrogens with one attached hydrogen (secondary N) is 1. The van der Waals surface area contributed by atoms with Crippen LogP contribution in [0.25, 0.3) is 0 Å². The van der Waals surface area contributed by atoms with Crippen molar-refractivity contribution in [2.24, 2.45) is 5.92 Å². The molecule has 0 bridgehead atoms. The van der Waals surface area contributed by atoms with Gasteiger partial charge in [0.25, 0.3) is 0 Å². The molecule has 1 N–H and O–H groups in total. The maximum Gasteiger partial charge on any atom is 0.0950 e. The van der Waals surface area contributed by atoms with E-state index in [-0.39, 0.29) is 0 Å². The molecule has 16 heavy (non-hydrogen) atoms. The Morgan fingerprint density at radius 3 is 2.69 bits per heavy atom. The van der Waals surface area contributed by atoms with Crippen LogP contribution in [-0.2, 0) is 0 Å². The Balaban J connectivity index is 1.99. The minimum absolute atomic E-state index is 0.584. The number of hydrogen-bond acceptors (Lipinski definition) is 2. The monoisotopic (exact) mass is 221 g/mol. The SMILES string of the molecule is CC(C)CCC(C)n1cncc1C1CNC1. The van der Waals surface area contributed by atoms with Gasteiger partial charge in [-0.2, -0.15) is 0 Å². The topological polar surface area (TPSA) is 29.9 Å². The smallest absolute Gasteiger partial charge is 0.0950 e. The van der Waals surface area contributed by atoms with Gasteiger partial charge in [0.1, 0.15) is 0 Å². The summed E-state index contributed by atoms with van der Waals surface area (Å²) in [6, 6.07) is 0.584. The Labute approximate surface area is 98.3 Å². The molecular formula is C13H23N3. The van der Waals surface area contributed by atoms with E-state index in [0.29, 0.717) is 12.0 Å². The maximum absolute atomic E-state index is 4.31. The predicted octanol–water partition coefficient (Wildman–Crippen LogP) is 2.57. The molecule has 3 heteroatoms. The molecule has 1 unspecified atom stereocenters. The molecule has 0 amide bonds. The van der Waals surface area contributed by atoms with Crippen LogP contribution >= 0.6 is 0 Å². The van der Waals surface area contributed by atoms with Crippen LogP contribution in [0.3, 0.4) is 0 Å². The van der Waals surface area contributed by atoms with Crippen molar-refractivity contribution in [3.05, 3.63) is 18.2 Å². The summed E-state index contributed by atoms with van der Waals surface area (Å²) < 4.78 is 2.37. The number of rotatable bonds is 5. The molecule has 2 heterocycles. The van der Waals surface area contributed by atoms with Crippen LogP contribution in [-0.4, -0.2) is 22.6 Å². The summed E-state index contributed by atoms with van der Waals surface area (Å²) >= 11 is 0. The second-order valence-corrected chi connectivity index (χ2v) is 5.40. The minimum Gasteiger partial charge on any atom is -0.331 e. The molecule has 0 radical (unpaired) electrons. The summed E-state index contributed by atoms with van der Waals surface area (Å²) in [5.74, 6) is 1.48. The van der Waals surface area contributed by atoms with Crippen LogP contribution in [0.2, 0.25) is 0 Å². The third-order valence-electron chi connectivity index (χ3n) is 3.53. The van der Waals surface area contributed by atoms with Crippen molar-refractivity contribution in [3.63, 3.8) is 0 Å². The van der Waals surface area contributed by atoms with Gasteiger partial charge in [-0.15, -0.1) is 0 Å². The van der Waals surface area contributed by atoms with Gasteiger partial charge in [0.15, 0.2) is 0 Å². The molecule has 0 saturated carbocycles. The van der Waals surface area contributed by atoms with Gasteiger partial charge >= 0.3 is 0 Å². The number of aromatic nitrogens is 2. The van der Waals surface area contributed by atoms with E-state index in [2.05, 4.69) is 35.6 Å². The maximum atomic E-state index is 4.31. The van der Waals surface area contributed by atoms with E-state index < -0.39 is 0 Å². The molecule has 1 aliphatic rings. The lowest BCUT2D eigenvalue weighted by Gasteiger charge is -2.29. The summed E-state index contributed by atoms with van der Waals surface area (Å²) in [4.78, 5) is 4.31. The molecule has 1 aromatic heterocycles. The van der Waals surface area contributed by atoms with E-state index in [1.54, 1.807) is 0 Å². The van der Waals surface area contributed by atoms with Gasteiger partial charge in [0.2, 0.25) is 0 Å². The quantitative estimate of drug-likeness (QED) is 0.828. The first kappa shape index (κ1) is 11.6. The third-order valence-corrected chi connectivity index (χ3v) is 3.53. The number of hydrogen-bond donors (Lipinski definition) is 1. The van der Waals surface area contributed by atoms with Crippen LogP contribution in [0.15, 0.2) is 12.5 Å². The van der Waals surface area contributed by atoms with Gasteiger partial charge in [0.05, 0.1) is 6.33 Å². The van der Waals surface area contributed by atoms with Crippen LogP contribution in [0.1, 0.15) is 51.3 Å². The zero-order valence-corrected chi connectivity index (χ0v) is 10.6. The largest absolute Gasteiger partial charge is 0.331 e.